The van der Waals surface area contributed by atoms with Crippen molar-refractivity contribution in [3.05, 3.63) is 29.8 Å². The number of amides is 2. The lowest BCUT2D eigenvalue weighted by Gasteiger charge is -2.01. The van der Waals surface area contributed by atoms with E-state index in [2.05, 4.69) is 22.5 Å². The second kappa shape index (κ2) is 7.36. The van der Waals surface area contributed by atoms with E-state index in [9.17, 15) is 9.59 Å². The maximum absolute atomic E-state index is 11.0. The van der Waals surface area contributed by atoms with Gasteiger partial charge in [-0.1, -0.05) is 11.8 Å². The molecule has 0 aliphatic rings. The van der Waals surface area contributed by atoms with E-state index >= 15 is 0 Å². The lowest BCUT2D eigenvalue weighted by atomic mass is 10.2. The second-order valence-corrected chi connectivity index (χ2v) is 3.74. The minimum atomic E-state index is -0.249. The molecule has 94 valence electrons. The van der Waals surface area contributed by atoms with Crippen LogP contribution in [0.2, 0.25) is 0 Å². The Morgan fingerprint density at radius 1 is 1.28 bits per heavy atom. The van der Waals surface area contributed by atoms with E-state index < -0.39 is 0 Å². The number of hydrogen-bond donors (Lipinski definition) is 2. The highest BCUT2D eigenvalue weighted by Gasteiger charge is 1.98. The quantitative estimate of drug-likeness (QED) is 0.640. The third kappa shape index (κ3) is 5.37. The molecule has 5 heteroatoms. The molecule has 0 atom stereocenters. The zero-order valence-corrected chi connectivity index (χ0v) is 10.7. The Bertz CT molecular complexity index is 486. The van der Waals surface area contributed by atoms with Gasteiger partial charge in [0.2, 0.25) is 11.8 Å². The minimum absolute atomic E-state index is 0.0712. The molecule has 1 aromatic rings. The van der Waals surface area contributed by atoms with Crippen LogP contribution in [0.25, 0.3) is 0 Å². The van der Waals surface area contributed by atoms with E-state index in [1.165, 1.54) is 6.92 Å². The van der Waals surface area contributed by atoms with Gasteiger partial charge in [-0.2, -0.15) is 0 Å². The lowest BCUT2D eigenvalue weighted by Crippen LogP contribution is -2.19. The van der Waals surface area contributed by atoms with Gasteiger partial charge in [0.1, 0.15) is 5.88 Å². The Hall–Kier alpha value is -1.99. The van der Waals surface area contributed by atoms with Gasteiger partial charge in [0.25, 0.3) is 0 Å². The molecule has 0 saturated heterocycles. The first-order valence-electron chi connectivity index (χ1n) is 5.31. The third-order valence-electron chi connectivity index (χ3n) is 1.95. The molecule has 0 radical (unpaired) electrons. The Morgan fingerprint density at radius 2 is 1.94 bits per heavy atom. The summed E-state index contributed by atoms with van der Waals surface area (Å²) in [5, 5.41) is 5.20. The number of halogens is 1. The van der Waals surface area contributed by atoms with Crippen LogP contribution in [0.15, 0.2) is 24.3 Å². The summed E-state index contributed by atoms with van der Waals surface area (Å²) in [7, 11) is 0. The van der Waals surface area contributed by atoms with Crippen molar-refractivity contribution in [2.24, 2.45) is 0 Å². The summed E-state index contributed by atoms with van der Waals surface area (Å²) in [4.78, 5) is 21.6. The lowest BCUT2D eigenvalue weighted by molar-refractivity contribution is -0.118. The molecule has 2 N–H and O–H groups in total. The van der Waals surface area contributed by atoms with E-state index in [-0.39, 0.29) is 17.7 Å². The molecule has 4 nitrogen and oxygen atoms in total. The van der Waals surface area contributed by atoms with E-state index in [1.807, 2.05) is 0 Å². The molecule has 0 aliphatic carbocycles. The van der Waals surface area contributed by atoms with Crippen molar-refractivity contribution in [3.63, 3.8) is 0 Å². The summed E-state index contributed by atoms with van der Waals surface area (Å²) in [6.45, 7) is 1.76. The van der Waals surface area contributed by atoms with Crippen LogP contribution >= 0.6 is 11.6 Å². The molecule has 0 heterocycles. The molecular formula is C13H13ClN2O2. The summed E-state index contributed by atoms with van der Waals surface area (Å²) < 4.78 is 0. The Morgan fingerprint density at radius 3 is 2.50 bits per heavy atom. The monoisotopic (exact) mass is 264 g/mol. The fourth-order valence-corrected chi connectivity index (χ4v) is 1.21. The van der Waals surface area contributed by atoms with E-state index in [0.29, 0.717) is 12.2 Å². The van der Waals surface area contributed by atoms with Crippen LogP contribution in [0.1, 0.15) is 12.5 Å². The number of nitrogens with one attached hydrogen (secondary N) is 2. The summed E-state index contributed by atoms with van der Waals surface area (Å²) in [5.41, 5.74) is 1.48. The number of carbonyl (C=O) groups excluding carboxylic acids is 2. The Kier molecular flexibility index (Phi) is 5.75. The van der Waals surface area contributed by atoms with Crippen molar-refractivity contribution in [1.82, 2.24) is 5.32 Å². The molecule has 0 saturated carbocycles. The average molecular weight is 265 g/mol. The van der Waals surface area contributed by atoms with Crippen LogP contribution < -0.4 is 10.6 Å². The number of benzene rings is 1. The van der Waals surface area contributed by atoms with Crippen LogP contribution in [0, 0.1) is 11.8 Å². The van der Waals surface area contributed by atoms with Gasteiger partial charge in [0.15, 0.2) is 0 Å². The van der Waals surface area contributed by atoms with Gasteiger partial charge in [-0.3, -0.25) is 9.59 Å². The highest BCUT2D eigenvalue weighted by molar-refractivity contribution is 6.29. The minimum Gasteiger partial charge on any atom is -0.345 e. The van der Waals surface area contributed by atoms with Crippen LogP contribution in [-0.2, 0) is 9.59 Å². The zero-order chi connectivity index (χ0) is 13.4. The zero-order valence-electron chi connectivity index (χ0n) is 9.92. The van der Waals surface area contributed by atoms with E-state index in [0.717, 1.165) is 5.56 Å². The summed E-state index contributed by atoms with van der Waals surface area (Å²) >= 11 is 5.37. The molecule has 0 spiro atoms. The van der Waals surface area contributed by atoms with Crippen molar-refractivity contribution in [2.45, 2.75) is 6.92 Å². The highest BCUT2D eigenvalue weighted by atomic mass is 35.5. The van der Waals surface area contributed by atoms with Crippen LogP contribution in [-0.4, -0.2) is 24.2 Å². The topological polar surface area (TPSA) is 58.2 Å². The van der Waals surface area contributed by atoms with Gasteiger partial charge in [-0.25, -0.2) is 0 Å². The van der Waals surface area contributed by atoms with Gasteiger partial charge < -0.3 is 10.6 Å². The van der Waals surface area contributed by atoms with E-state index in [1.54, 1.807) is 24.3 Å². The smallest absolute Gasteiger partial charge is 0.239 e. The van der Waals surface area contributed by atoms with Crippen molar-refractivity contribution in [2.75, 3.05) is 17.7 Å². The normalized spacial score (nSPS) is 9.00. The maximum Gasteiger partial charge on any atom is 0.239 e. The predicted octanol–water partition coefficient (Wildman–Crippen LogP) is 1.35. The van der Waals surface area contributed by atoms with Crippen molar-refractivity contribution < 1.29 is 9.59 Å². The SMILES string of the molecule is CC(=O)NCC#Cc1ccc(NC(=O)CCl)cc1. The van der Waals surface area contributed by atoms with Crippen molar-refractivity contribution >= 4 is 29.1 Å². The van der Waals surface area contributed by atoms with Crippen LogP contribution in [0.3, 0.4) is 0 Å². The molecular weight excluding hydrogens is 252 g/mol. The van der Waals surface area contributed by atoms with Crippen LogP contribution in [0.4, 0.5) is 5.69 Å². The number of carbonyl (C=O) groups is 2. The third-order valence-corrected chi connectivity index (χ3v) is 2.19. The van der Waals surface area contributed by atoms with Gasteiger partial charge in [-0.15, -0.1) is 11.6 Å². The number of rotatable bonds is 3. The molecule has 0 bridgehead atoms. The Labute approximate surface area is 111 Å². The second-order valence-electron chi connectivity index (χ2n) is 3.47. The number of alkyl halides is 1. The van der Waals surface area contributed by atoms with Crippen molar-refractivity contribution in [1.29, 1.82) is 0 Å². The predicted molar refractivity (Wildman–Crippen MR) is 71.4 cm³/mol. The van der Waals surface area contributed by atoms with Gasteiger partial charge in [-0.05, 0) is 24.3 Å². The molecule has 0 aromatic heterocycles. The number of anilines is 1. The molecule has 18 heavy (non-hydrogen) atoms. The first-order chi connectivity index (χ1) is 8.61. The first kappa shape index (κ1) is 14.1. The molecule has 0 unspecified atom stereocenters. The van der Waals surface area contributed by atoms with Gasteiger partial charge >= 0.3 is 0 Å². The van der Waals surface area contributed by atoms with Crippen LogP contribution in [0.5, 0.6) is 0 Å². The molecule has 2 amide bonds. The molecule has 1 aromatic carbocycles. The first-order valence-corrected chi connectivity index (χ1v) is 5.84. The average Bonchev–Trinajstić information content (AvgIpc) is 2.36. The maximum atomic E-state index is 11.0. The molecule has 0 fully saturated rings. The van der Waals surface area contributed by atoms with Gasteiger partial charge in [0.05, 0.1) is 6.54 Å². The Balaban J connectivity index is 2.54. The molecule has 0 aliphatic heterocycles. The number of hydrogen-bond acceptors (Lipinski definition) is 2. The summed E-state index contributed by atoms with van der Waals surface area (Å²) in [6.07, 6.45) is 0. The van der Waals surface area contributed by atoms with E-state index in [4.69, 9.17) is 11.6 Å². The summed E-state index contributed by atoms with van der Waals surface area (Å²) in [6, 6.07) is 7.05. The molecule has 1 rings (SSSR count). The standard InChI is InChI=1S/C13H13ClN2O2/c1-10(17)15-8-2-3-11-4-6-12(7-5-11)16-13(18)9-14/h4-7H,8-9H2,1H3,(H,15,17)(H,16,18). The summed E-state index contributed by atoms with van der Waals surface area (Å²) in [5.74, 6) is 5.28. The van der Waals surface area contributed by atoms with Gasteiger partial charge in [0, 0.05) is 18.2 Å². The fourth-order valence-electron chi connectivity index (χ4n) is 1.15. The highest BCUT2D eigenvalue weighted by Crippen LogP contribution is 2.08. The fraction of sp³-hybridized carbons (Fsp3) is 0.231. The largest absolute Gasteiger partial charge is 0.345 e. The van der Waals surface area contributed by atoms with Crippen molar-refractivity contribution in [3.8, 4) is 11.8 Å².